The molecule has 120 valence electrons. The number of rotatable bonds is 11. The third-order valence-electron chi connectivity index (χ3n) is 2.09. The van der Waals surface area contributed by atoms with Crippen LogP contribution < -0.4 is 15.8 Å². The highest BCUT2D eigenvalue weighted by Crippen LogP contribution is 2.12. The highest BCUT2D eigenvalue weighted by Gasteiger charge is 2.07. The number of hydrogen-bond acceptors (Lipinski definition) is 8. The maximum absolute atomic E-state index is 5.80. The highest BCUT2D eigenvalue weighted by molar-refractivity contribution is 6.28. The minimum absolute atomic E-state index is 0.0341. The van der Waals surface area contributed by atoms with Crippen molar-refractivity contribution in [3.8, 4) is 6.01 Å². The summed E-state index contributed by atoms with van der Waals surface area (Å²) in [5.41, 5.74) is 5.29. The van der Waals surface area contributed by atoms with Gasteiger partial charge in [0.1, 0.15) is 0 Å². The lowest BCUT2D eigenvalue weighted by Crippen LogP contribution is -2.16. The maximum atomic E-state index is 5.80. The average molecular weight is 320 g/mol. The molecule has 9 heteroatoms. The quantitative estimate of drug-likeness (QED) is 0.575. The van der Waals surface area contributed by atoms with Gasteiger partial charge >= 0.3 is 6.01 Å². The molecule has 1 aromatic heterocycles. The number of aromatic nitrogens is 3. The summed E-state index contributed by atoms with van der Waals surface area (Å²) in [7, 11) is 0. The Hall–Kier alpha value is -1.22. The smallest absolute Gasteiger partial charge is 0.322 e. The Morgan fingerprint density at radius 3 is 2.48 bits per heavy atom. The summed E-state index contributed by atoms with van der Waals surface area (Å²) in [6.07, 6.45) is -0.0341. The predicted molar refractivity (Wildman–Crippen MR) is 79.8 cm³/mol. The molecule has 0 aromatic carbocycles. The molecular weight excluding hydrogens is 298 g/mol. The van der Waals surface area contributed by atoms with E-state index in [9.17, 15) is 0 Å². The van der Waals surface area contributed by atoms with Gasteiger partial charge in [-0.2, -0.15) is 15.0 Å². The van der Waals surface area contributed by atoms with Crippen LogP contribution in [0.5, 0.6) is 6.01 Å². The second-order valence-corrected chi connectivity index (χ2v) is 4.66. The second kappa shape index (κ2) is 10.5. The molecule has 0 spiro atoms. The van der Waals surface area contributed by atoms with Crippen LogP contribution in [0.1, 0.15) is 13.8 Å². The van der Waals surface area contributed by atoms with E-state index in [1.54, 1.807) is 0 Å². The average Bonchev–Trinajstić information content (AvgIpc) is 2.40. The van der Waals surface area contributed by atoms with E-state index < -0.39 is 0 Å². The molecule has 0 bridgehead atoms. The Balaban J connectivity index is 2.24. The van der Waals surface area contributed by atoms with Crippen LogP contribution in [0.3, 0.4) is 0 Å². The molecule has 8 nitrogen and oxygen atoms in total. The summed E-state index contributed by atoms with van der Waals surface area (Å²) in [6.45, 7) is 6.90. The summed E-state index contributed by atoms with van der Waals surface area (Å²) in [4.78, 5) is 11.9. The van der Waals surface area contributed by atoms with Crippen LogP contribution in [-0.2, 0) is 9.47 Å². The molecule has 0 radical (unpaired) electrons. The van der Waals surface area contributed by atoms with E-state index in [2.05, 4.69) is 20.3 Å². The van der Waals surface area contributed by atoms with Crippen LogP contribution in [-0.4, -0.2) is 60.6 Å². The van der Waals surface area contributed by atoms with Gasteiger partial charge in [0.05, 0.1) is 32.5 Å². The van der Waals surface area contributed by atoms with Gasteiger partial charge in [0, 0.05) is 13.1 Å². The summed E-state index contributed by atoms with van der Waals surface area (Å²) >= 11 is 5.80. The lowest BCUT2D eigenvalue weighted by molar-refractivity contribution is 0.0547. The highest BCUT2D eigenvalue weighted by atomic mass is 35.5. The molecule has 21 heavy (non-hydrogen) atoms. The minimum Gasteiger partial charge on any atom is -0.461 e. The van der Waals surface area contributed by atoms with Gasteiger partial charge in [-0.3, -0.25) is 0 Å². The van der Waals surface area contributed by atoms with E-state index in [4.69, 9.17) is 31.5 Å². The number of nitrogens with zero attached hydrogens (tertiary/aromatic N) is 3. The molecule has 0 fully saturated rings. The molecule has 1 aromatic rings. The van der Waals surface area contributed by atoms with Crippen molar-refractivity contribution in [3.05, 3.63) is 5.28 Å². The zero-order valence-corrected chi connectivity index (χ0v) is 13.1. The van der Waals surface area contributed by atoms with Crippen molar-refractivity contribution in [2.75, 3.05) is 44.8 Å². The molecule has 0 aliphatic rings. The first-order chi connectivity index (χ1) is 10.1. The van der Waals surface area contributed by atoms with Crippen molar-refractivity contribution in [1.29, 1.82) is 0 Å². The minimum atomic E-state index is -0.0341. The first-order valence-corrected chi connectivity index (χ1v) is 7.17. The fraction of sp³-hybridized carbons (Fsp3) is 0.750. The monoisotopic (exact) mass is 319 g/mol. The van der Waals surface area contributed by atoms with Gasteiger partial charge in [0.25, 0.3) is 0 Å². The lowest BCUT2D eigenvalue weighted by atomic mass is 10.5. The Morgan fingerprint density at radius 2 is 1.81 bits per heavy atom. The van der Waals surface area contributed by atoms with Gasteiger partial charge in [-0.15, -0.1) is 0 Å². The van der Waals surface area contributed by atoms with Crippen LogP contribution in [0.2, 0.25) is 5.28 Å². The van der Waals surface area contributed by atoms with Crippen molar-refractivity contribution in [2.45, 2.75) is 20.0 Å². The molecule has 0 unspecified atom stereocenters. The second-order valence-electron chi connectivity index (χ2n) is 4.32. The van der Waals surface area contributed by atoms with Crippen LogP contribution in [0.4, 0.5) is 5.95 Å². The summed E-state index contributed by atoms with van der Waals surface area (Å²) in [5, 5.41) is 3.07. The number of hydrogen-bond donors (Lipinski definition) is 2. The Kier molecular flexibility index (Phi) is 8.91. The van der Waals surface area contributed by atoms with E-state index in [1.165, 1.54) is 0 Å². The third-order valence-corrected chi connectivity index (χ3v) is 2.26. The van der Waals surface area contributed by atoms with Gasteiger partial charge in [0.15, 0.2) is 0 Å². The Morgan fingerprint density at radius 1 is 1.10 bits per heavy atom. The van der Waals surface area contributed by atoms with Crippen LogP contribution in [0.25, 0.3) is 0 Å². The molecular formula is C12H22ClN5O3. The van der Waals surface area contributed by atoms with Gasteiger partial charge in [-0.25, -0.2) is 0 Å². The van der Waals surface area contributed by atoms with Crippen molar-refractivity contribution in [1.82, 2.24) is 15.0 Å². The van der Waals surface area contributed by atoms with Crippen LogP contribution in [0, 0.1) is 0 Å². The standard InChI is InChI=1S/C12H22ClN5O3/c1-9(2)21-12-17-10(13)16-11(18-12)15-4-6-20-8-7-19-5-3-14/h9H,3-8,14H2,1-2H3,(H,15,16,17,18). The van der Waals surface area contributed by atoms with Crippen molar-refractivity contribution in [2.24, 2.45) is 5.73 Å². The van der Waals surface area contributed by atoms with E-state index in [1.807, 2.05) is 13.8 Å². The normalized spacial score (nSPS) is 10.9. The first kappa shape index (κ1) is 17.8. The third kappa shape index (κ3) is 8.61. The molecule has 0 aliphatic carbocycles. The van der Waals surface area contributed by atoms with Crippen LogP contribution >= 0.6 is 11.6 Å². The SMILES string of the molecule is CC(C)Oc1nc(Cl)nc(NCCOCCOCCN)n1. The van der Waals surface area contributed by atoms with Gasteiger partial charge in [-0.1, -0.05) is 0 Å². The Bertz CT molecular complexity index is 408. The van der Waals surface area contributed by atoms with Crippen LogP contribution in [0.15, 0.2) is 0 Å². The van der Waals surface area contributed by atoms with Crippen molar-refractivity contribution >= 4 is 17.5 Å². The molecule has 1 rings (SSSR count). The molecule has 0 atom stereocenters. The lowest BCUT2D eigenvalue weighted by Gasteiger charge is -2.10. The number of ether oxygens (including phenoxy) is 3. The summed E-state index contributed by atoms with van der Waals surface area (Å²) < 4.78 is 15.9. The van der Waals surface area contributed by atoms with E-state index in [0.29, 0.717) is 45.5 Å². The predicted octanol–water partition coefficient (Wildman–Crippen LogP) is 0.716. The van der Waals surface area contributed by atoms with Crippen molar-refractivity contribution < 1.29 is 14.2 Å². The number of nitrogens with one attached hydrogen (secondary N) is 1. The number of anilines is 1. The van der Waals surface area contributed by atoms with Crippen molar-refractivity contribution in [3.63, 3.8) is 0 Å². The van der Waals surface area contributed by atoms with Gasteiger partial charge in [-0.05, 0) is 25.4 Å². The molecule has 1 heterocycles. The number of nitrogens with two attached hydrogens (primary N) is 1. The fourth-order valence-electron chi connectivity index (χ4n) is 1.31. The maximum Gasteiger partial charge on any atom is 0.322 e. The molecule has 3 N–H and O–H groups in total. The molecule has 0 saturated heterocycles. The zero-order valence-electron chi connectivity index (χ0n) is 12.3. The first-order valence-electron chi connectivity index (χ1n) is 6.79. The zero-order chi connectivity index (χ0) is 15.5. The molecule has 0 amide bonds. The molecule has 0 aliphatic heterocycles. The van der Waals surface area contributed by atoms with Gasteiger partial charge < -0.3 is 25.3 Å². The summed E-state index contributed by atoms with van der Waals surface area (Å²) in [5.74, 6) is 0.355. The van der Waals surface area contributed by atoms with E-state index in [-0.39, 0.29) is 17.4 Å². The largest absolute Gasteiger partial charge is 0.461 e. The van der Waals surface area contributed by atoms with Gasteiger partial charge in [0.2, 0.25) is 11.2 Å². The number of halogens is 1. The fourth-order valence-corrected chi connectivity index (χ4v) is 1.47. The topological polar surface area (TPSA) is 104 Å². The van der Waals surface area contributed by atoms with E-state index in [0.717, 1.165) is 0 Å². The van der Waals surface area contributed by atoms with E-state index >= 15 is 0 Å². The summed E-state index contributed by atoms with van der Waals surface area (Å²) in [6, 6.07) is 0.198. The molecule has 0 saturated carbocycles. The Labute approximate surface area is 129 Å².